The summed E-state index contributed by atoms with van der Waals surface area (Å²) in [5.41, 5.74) is 1.07. The molecule has 1 heterocycles. The molecule has 3 nitrogen and oxygen atoms in total. The van der Waals surface area contributed by atoms with Gasteiger partial charge >= 0.3 is 0 Å². The Bertz CT molecular complexity index is 446. The Hall–Kier alpha value is -1.42. The number of nitrogens with one attached hydrogen (secondary N) is 1. The minimum absolute atomic E-state index is 0.0226. The molecule has 0 spiro atoms. The summed E-state index contributed by atoms with van der Waals surface area (Å²) in [6, 6.07) is 6.66. The molecule has 4 heteroatoms. The van der Waals surface area contributed by atoms with Crippen molar-refractivity contribution in [2.45, 2.75) is 45.2 Å². The summed E-state index contributed by atoms with van der Waals surface area (Å²) < 4.78 is 12.9. The molecule has 1 saturated heterocycles. The third-order valence-electron chi connectivity index (χ3n) is 3.86. The number of amides is 1. The van der Waals surface area contributed by atoms with Crippen molar-refractivity contribution in [1.29, 1.82) is 0 Å². The molecule has 110 valence electrons. The first-order chi connectivity index (χ1) is 9.61. The lowest BCUT2D eigenvalue weighted by molar-refractivity contribution is -0.131. The number of hydrogen-bond acceptors (Lipinski definition) is 2. The molecule has 0 radical (unpaired) electrons. The molecule has 0 aromatic heterocycles. The van der Waals surface area contributed by atoms with Crippen molar-refractivity contribution in [3.8, 4) is 0 Å². The lowest BCUT2D eigenvalue weighted by Gasteiger charge is -2.25. The van der Waals surface area contributed by atoms with Crippen molar-refractivity contribution in [2.75, 3.05) is 13.1 Å². The van der Waals surface area contributed by atoms with E-state index in [0.29, 0.717) is 0 Å². The fourth-order valence-electron chi connectivity index (χ4n) is 2.72. The predicted octanol–water partition coefficient (Wildman–Crippen LogP) is 2.36. The van der Waals surface area contributed by atoms with Crippen LogP contribution in [0.5, 0.6) is 0 Å². The third-order valence-corrected chi connectivity index (χ3v) is 3.86. The lowest BCUT2D eigenvalue weighted by Crippen LogP contribution is -2.42. The van der Waals surface area contributed by atoms with Gasteiger partial charge in [0.05, 0.1) is 6.04 Å². The minimum Gasteiger partial charge on any atom is -0.338 e. The molecule has 1 fully saturated rings. The van der Waals surface area contributed by atoms with Crippen LogP contribution in [0.2, 0.25) is 0 Å². The molecule has 0 aliphatic carbocycles. The van der Waals surface area contributed by atoms with Gasteiger partial charge in [-0.05, 0) is 50.4 Å². The van der Waals surface area contributed by atoms with E-state index in [-0.39, 0.29) is 23.8 Å². The second kappa shape index (κ2) is 6.84. The monoisotopic (exact) mass is 278 g/mol. The Morgan fingerprint density at radius 2 is 2.10 bits per heavy atom. The Balaban J connectivity index is 1.91. The van der Waals surface area contributed by atoms with Crippen LogP contribution < -0.4 is 5.32 Å². The van der Waals surface area contributed by atoms with Gasteiger partial charge in [0.25, 0.3) is 0 Å². The summed E-state index contributed by atoms with van der Waals surface area (Å²) in [6.07, 6.45) is 2.69. The van der Waals surface area contributed by atoms with E-state index in [0.717, 1.165) is 37.9 Å². The van der Waals surface area contributed by atoms with Crippen molar-refractivity contribution in [3.05, 3.63) is 35.6 Å². The van der Waals surface area contributed by atoms with E-state index in [1.807, 2.05) is 4.90 Å². The summed E-state index contributed by atoms with van der Waals surface area (Å²) in [5, 5.41) is 3.30. The third kappa shape index (κ3) is 3.57. The van der Waals surface area contributed by atoms with Gasteiger partial charge in [0, 0.05) is 12.6 Å². The van der Waals surface area contributed by atoms with Crippen molar-refractivity contribution >= 4 is 5.91 Å². The quantitative estimate of drug-likeness (QED) is 0.866. The average Bonchev–Trinajstić information content (AvgIpc) is 2.80. The molecule has 0 bridgehead atoms. The number of nitrogens with zero attached hydrogens (tertiary/aromatic N) is 1. The van der Waals surface area contributed by atoms with Gasteiger partial charge in [-0.25, -0.2) is 4.39 Å². The molecule has 20 heavy (non-hydrogen) atoms. The molecule has 1 aliphatic rings. The molecular formula is C16H23FN2O. The highest BCUT2D eigenvalue weighted by atomic mass is 19.1. The van der Waals surface area contributed by atoms with E-state index in [1.54, 1.807) is 12.1 Å². The maximum absolute atomic E-state index is 12.9. The summed E-state index contributed by atoms with van der Waals surface area (Å²) in [6.45, 7) is 5.85. The molecule has 0 saturated carbocycles. The summed E-state index contributed by atoms with van der Waals surface area (Å²) in [7, 11) is 0. The largest absolute Gasteiger partial charge is 0.338 e. The summed E-state index contributed by atoms with van der Waals surface area (Å²) in [4.78, 5) is 14.2. The Morgan fingerprint density at radius 3 is 2.75 bits per heavy atom. The number of carbonyl (C=O) groups is 1. The van der Waals surface area contributed by atoms with Crippen molar-refractivity contribution in [1.82, 2.24) is 10.2 Å². The van der Waals surface area contributed by atoms with Crippen molar-refractivity contribution < 1.29 is 9.18 Å². The molecule has 2 rings (SSSR count). The highest BCUT2D eigenvalue weighted by molar-refractivity contribution is 5.84. The maximum Gasteiger partial charge on any atom is 0.240 e. The van der Waals surface area contributed by atoms with Gasteiger partial charge in [-0.15, -0.1) is 0 Å². The van der Waals surface area contributed by atoms with Gasteiger partial charge in [-0.1, -0.05) is 19.1 Å². The van der Waals surface area contributed by atoms with Crippen LogP contribution >= 0.6 is 0 Å². The smallest absolute Gasteiger partial charge is 0.240 e. The van der Waals surface area contributed by atoms with Gasteiger partial charge in [-0.3, -0.25) is 4.79 Å². The van der Waals surface area contributed by atoms with E-state index >= 15 is 0 Å². The van der Waals surface area contributed by atoms with Crippen LogP contribution in [0, 0.1) is 5.82 Å². The molecule has 2 atom stereocenters. The Labute approximate surface area is 120 Å². The molecule has 1 N–H and O–H groups in total. The maximum atomic E-state index is 12.9. The molecule has 2 unspecified atom stereocenters. The van der Waals surface area contributed by atoms with Crippen LogP contribution in [-0.4, -0.2) is 36.0 Å². The normalized spacial score (nSPS) is 20.4. The van der Waals surface area contributed by atoms with Gasteiger partial charge in [-0.2, -0.15) is 0 Å². The SMILES string of the molecule is CCCNC1CCN(C(C)Cc2ccc(F)cc2)C1=O. The zero-order valence-corrected chi connectivity index (χ0v) is 12.2. The highest BCUT2D eigenvalue weighted by Crippen LogP contribution is 2.18. The molecular weight excluding hydrogens is 255 g/mol. The summed E-state index contributed by atoms with van der Waals surface area (Å²) in [5.74, 6) is -0.0180. The van der Waals surface area contributed by atoms with E-state index < -0.39 is 0 Å². The fourth-order valence-corrected chi connectivity index (χ4v) is 2.72. The van der Waals surface area contributed by atoms with Gasteiger partial charge in [0.1, 0.15) is 5.82 Å². The van der Waals surface area contributed by atoms with E-state index in [2.05, 4.69) is 19.2 Å². The topological polar surface area (TPSA) is 32.3 Å². The van der Waals surface area contributed by atoms with Crippen LogP contribution in [0.25, 0.3) is 0 Å². The van der Waals surface area contributed by atoms with Crippen LogP contribution in [-0.2, 0) is 11.2 Å². The highest BCUT2D eigenvalue weighted by Gasteiger charge is 2.33. The average molecular weight is 278 g/mol. The number of carbonyl (C=O) groups excluding carboxylic acids is 1. The van der Waals surface area contributed by atoms with Gasteiger partial charge in [0.2, 0.25) is 5.91 Å². The first-order valence-electron chi connectivity index (χ1n) is 7.40. The number of benzene rings is 1. The number of rotatable bonds is 6. The van der Waals surface area contributed by atoms with Gasteiger partial charge < -0.3 is 10.2 Å². The standard InChI is InChI=1S/C16H23FN2O/c1-3-9-18-15-8-10-19(16(15)20)12(2)11-13-4-6-14(17)7-5-13/h4-7,12,15,18H,3,8-11H2,1-2H3. The van der Waals surface area contributed by atoms with Crippen LogP contribution in [0.15, 0.2) is 24.3 Å². The fraction of sp³-hybridized carbons (Fsp3) is 0.562. The zero-order chi connectivity index (χ0) is 14.5. The molecule has 1 amide bonds. The first-order valence-corrected chi connectivity index (χ1v) is 7.40. The Kier molecular flexibility index (Phi) is 5.12. The second-order valence-electron chi connectivity index (χ2n) is 5.51. The predicted molar refractivity (Wildman–Crippen MR) is 78.0 cm³/mol. The molecule has 1 aromatic carbocycles. The lowest BCUT2D eigenvalue weighted by atomic mass is 10.1. The number of halogens is 1. The van der Waals surface area contributed by atoms with E-state index in [9.17, 15) is 9.18 Å². The molecule has 1 aliphatic heterocycles. The zero-order valence-electron chi connectivity index (χ0n) is 12.2. The van der Waals surface area contributed by atoms with Crippen LogP contribution in [0.3, 0.4) is 0 Å². The van der Waals surface area contributed by atoms with Crippen molar-refractivity contribution in [3.63, 3.8) is 0 Å². The minimum atomic E-state index is -0.220. The van der Waals surface area contributed by atoms with Crippen molar-refractivity contribution in [2.24, 2.45) is 0 Å². The Morgan fingerprint density at radius 1 is 1.40 bits per heavy atom. The molecule has 1 aromatic rings. The first kappa shape index (κ1) is 15.0. The number of likely N-dealkylation sites (tertiary alicyclic amines) is 1. The second-order valence-corrected chi connectivity index (χ2v) is 5.51. The van der Waals surface area contributed by atoms with E-state index in [1.165, 1.54) is 12.1 Å². The summed E-state index contributed by atoms with van der Waals surface area (Å²) >= 11 is 0. The van der Waals surface area contributed by atoms with Crippen LogP contribution in [0.4, 0.5) is 4.39 Å². The number of hydrogen-bond donors (Lipinski definition) is 1. The van der Waals surface area contributed by atoms with E-state index in [4.69, 9.17) is 0 Å². The van der Waals surface area contributed by atoms with Crippen LogP contribution in [0.1, 0.15) is 32.3 Å². The van der Waals surface area contributed by atoms with Gasteiger partial charge in [0.15, 0.2) is 0 Å².